The van der Waals surface area contributed by atoms with E-state index < -0.39 is 0 Å². The molecule has 0 spiro atoms. The monoisotopic (exact) mass is 550 g/mol. The highest BCUT2D eigenvalue weighted by atomic mass is 15.2. The second kappa shape index (κ2) is 10.7. The summed E-state index contributed by atoms with van der Waals surface area (Å²) in [6, 6.07) is 48.1. The molecule has 2 aliphatic rings. The van der Waals surface area contributed by atoms with E-state index in [1.807, 2.05) is 6.20 Å². The molecule has 8 rings (SSSR count). The molecule has 0 amide bonds. The average Bonchev–Trinajstić information content (AvgIpc) is 3.22. The third-order valence-electron chi connectivity index (χ3n) is 8.53. The van der Waals surface area contributed by atoms with Gasteiger partial charge in [0.2, 0.25) is 0 Å². The van der Waals surface area contributed by atoms with Crippen LogP contribution >= 0.6 is 0 Å². The minimum Gasteiger partial charge on any atom is -0.294 e. The van der Waals surface area contributed by atoms with E-state index in [0.29, 0.717) is 0 Å². The summed E-state index contributed by atoms with van der Waals surface area (Å²) in [4.78, 5) is 7.31. The molecule has 204 valence electrons. The number of hydrogen-bond acceptors (Lipinski definition) is 2. The first-order valence-electron chi connectivity index (χ1n) is 14.9. The first-order valence-corrected chi connectivity index (χ1v) is 14.9. The molecule has 1 aromatic heterocycles. The Hall–Kier alpha value is -5.47. The van der Waals surface area contributed by atoms with Gasteiger partial charge in [0.25, 0.3) is 0 Å². The highest BCUT2D eigenvalue weighted by Gasteiger charge is 2.26. The minimum atomic E-state index is 0.900. The smallest absolute Gasteiger partial charge is 0.138 e. The van der Waals surface area contributed by atoms with Crippen LogP contribution in [0.4, 0.5) is 17.2 Å². The summed E-state index contributed by atoms with van der Waals surface area (Å²) in [7, 11) is 0. The lowest BCUT2D eigenvalue weighted by molar-refractivity contribution is 1.05. The molecule has 5 aromatic carbocycles. The van der Waals surface area contributed by atoms with E-state index in [-0.39, 0.29) is 0 Å². The zero-order valence-corrected chi connectivity index (χ0v) is 23.8. The average molecular weight is 551 g/mol. The lowest BCUT2D eigenvalue weighted by Crippen LogP contribution is -2.12. The summed E-state index contributed by atoms with van der Waals surface area (Å²) >= 11 is 0. The fourth-order valence-electron chi connectivity index (χ4n) is 6.46. The first-order chi connectivity index (χ1) is 21.3. The minimum absolute atomic E-state index is 0.900. The van der Waals surface area contributed by atoms with Crippen molar-refractivity contribution in [1.29, 1.82) is 0 Å². The predicted octanol–water partition coefficient (Wildman–Crippen LogP) is 11.3. The van der Waals surface area contributed by atoms with Crippen molar-refractivity contribution in [1.82, 2.24) is 4.98 Å². The fraction of sp³-hybridized carbons (Fsp3) is 0.0488. The molecule has 0 atom stereocenters. The highest BCUT2D eigenvalue weighted by Crippen LogP contribution is 2.50. The van der Waals surface area contributed by atoms with E-state index in [0.717, 1.165) is 35.6 Å². The van der Waals surface area contributed by atoms with Crippen molar-refractivity contribution in [3.8, 4) is 44.5 Å². The Kier molecular flexibility index (Phi) is 6.31. The number of benzene rings is 5. The van der Waals surface area contributed by atoms with Crippen molar-refractivity contribution >= 4 is 22.8 Å². The summed E-state index contributed by atoms with van der Waals surface area (Å²) < 4.78 is 0. The summed E-state index contributed by atoms with van der Waals surface area (Å²) in [5.41, 5.74) is 14.6. The van der Waals surface area contributed by atoms with E-state index in [2.05, 4.69) is 157 Å². The first kappa shape index (κ1) is 25.3. The molecule has 0 radical (unpaired) electrons. The van der Waals surface area contributed by atoms with Gasteiger partial charge in [-0.25, -0.2) is 4.98 Å². The van der Waals surface area contributed by atoms with Crippen molar-refractivity contribution in [3.63, 3.8) is 0 Å². The van der Waals surface area contributed by atoms with Crippen molar-refractivity contribution in [3.05, 3.63) is 163 Å². The van der Waals surface area contributed by atoms with Crippen LogP contribution < -0.4 is 4.90 Å². The molecule has 1 aliphatic carbocycles. The lowest BCUT2D eigenvalue weighted by atomic mass is 9.90. The third kappa shape index (κ3) is 4.58. The molecule has 43 heavy (non-hydrogen) atoms. The number of aromatic nitrogens is 1. The van der Waals surface area contributed by atoms with Gasteiger partial charge in [0.15, 0.2) is 0 Å². The van der Waals surface area contributed by atoms with Crippen molar-refractivity contribution < 1.29 is 0 Å². The van der Waals surface area contributed by atoms with Gasteiger partial charge in [-0.05, 0) is 99.8 Å². The van der Waals surface area contributed by atoms with Gasteiger partial charge in [-0.15, -0.1) is 0 Å². The Morgan fingerprint density at radius 3 is 1.72 bits per heavy atom. The van der Waals surface area contributed by atoms with Crippen LogP contribution in [-0.2, 0) is 0 Å². The number of para-hydroxylation sites is 2. The van der Waals surface area contributed by atoms with Gasteiger partial charge in [-0.2, -0.15) is 0 Å². The van der Waals surface area contributed by atoms with Gasteiger partial charge < -0.3 is 0 Å². The highest BCUT2D eigenvalue weighted by molar-refractivity contribution is 6.02. The van der Waals surface area contributed by atoms with Crippen molar-refractivity contribution in [2.75, 3.05) is 4.90 Å². The Morgan fingerprint density at radius 2 is 1.07 bits per heavy atom. The van der Waals surface area contributed by atoms with Crippen LogP contribution in [0, 0.1) is 0 Å². The van der Waals surface area contributed by atoms with Gasteiger partial charge in [-0.1, -0.05) is 109 Å². The molecule has 0 unspecified atom stereocenters. The number of hydrogen-bond donors (Lipinski definition) is 0. The number of anilines is 3. The number of pyridine rings is 1. The zero-order chi connectivity index (χ0) is 28.6. The molecule has 0 saturated heterocycles. The van der Waals surface area contributed by atoms with Crippen molar-refractivity contribution in [2.24, 2.45) is 0 Å². The molecule has 2 heterocycles. The topological polar surface area (TPSA) is 16.1 Å². The summed E-state index contributed by atoms with van der Waals surface area (Å²) in [5.74, 6) is 0.900. The largest absolute Gasteiger partial charge is 0.294 e. The van der Waals surface area contributed by atoms with E-state index in [4.69, 9.17) is 4.98 Å². The predicted molar refractivity (Wildman–Crippen MR) is 181 cm³/mol. The zero-order valence-electron chi connectivity index (χ0n) is 23.8. The van der Waals surface area contributed by atoms with Crippen LogP contribution in [0.1, 0.15) is 18.4 Å². The van der Waals surface area contributed by atoms with Crippen LogP contribution in [0.5, 0.6) is 0 Å². The van der Waals surface area contributed by atoms with Gasteiger partial charge in [-0.3, -0.25) is 4.90 Å². The summed E-state index contributed by atoms with van der Waals surface area (Å²) in [6.07, 6.45) is 10.8. The molecule has 6 aromatic rings. The van der Waals surface area contributed by atoms with E-state index in [9.17, 15) is 0 Å². The van der Waals surface area contributed by atoms with E-state index in [1.54, 1.807) is 0 Å². The number of rotatable bonds is 4. The van der Waals surface area contributed by atoms with E-state index in [1.165, 1.54) is 50.1 Å². The Balaban J connectivity index is 1.32. The number of nitrogens with zero attached hydrogens (tertiary/aromatic N) is 2. The maximum Gasteiger partial charge on any atom is 0.138 e. The summed E-state index contributed by atoms with van der Waals surface area (Å²) in [6.45, 7) is 0. The maximum absolute atomic E-state index is 4.99. The Labute approximate surface area is 252 Å². The molecule has 0 saturated carbocycles. The standard InChI is InChI=1S/C41H30N2/c1-3-13-29(14-4-1)32-25-33(30-15-5-2-6-16-30)27-34(26-32)31-23-24-42-41(28-31)43-39-21-11-9-19-37(39)35-17-7-8-18-36(35)38-20-10-12-22-40(38)43/h1-5,7-15,17-28H,6,16H2. The van der Waals surface area contributed by atoms with Crippen LogP contribution in [0.25, 0.3) is 50.1 Å². The van der Waals surface area contributed by atoms with Gasteiger partial charge in [0.1, 0.15) is 5.82 Å². The molecule has 1 aliphatic heterocycles. The maximum atomic E-state index is 4.99. The Morgan fingerprint density at radius 1 is 0.488 bits per heavy atom. The second-order valence-corrected chi connectivity index (χ2v) is 11.1. The van der Waals surface area contributed by atoms with Crippen LogP contribution in [0.3, 0.4) is 0 Å². The molecule has 2 nitrogen and oxygen atoms in total. The molecule has 2 heteroatoms. The van der Waals surface area contributed by atoms with Gasteiger partial charge in [0, 0.05) is 17.3 Å². The Bertz CT molecular complexity index is 1970. The fourth-order valence-corrected chi connectivity index (χ4v) is 6.46. The quantitative estimate of drug-likeness (QED) is 0.217. The second-order valence-electron chi connectivity index (χ2n) is 11.1. The molecule has 0 bridgehead atoms. The summed E-state index contributed by atoms with van der Waals surface area (Å²) in [5, 5.41) is 0. The number of allylic oxidation sites excluding steroid dienone is 4. The molecular weight excluding hydrogens is 520 g/mol. The molecule has 0 N–H and O–H groups in total. The molecular formula is C41H30N2. The van der Waals surface area contributed by atoms with Crippen LogP contribution in [0.15, 0.2) is 158 Å². The van der Waals surface area contributed by atoms with Crippen LogP contribution in [-0.4, -0.2) is 4.98 Å². The van der Waals surface area contributed by atoms with Gasteiger partial charge >= 0.3 is 0 Å². The van der Waals surface area contributed by atoms with Gasteiger partial charge in [0.05, 0.1) is 11.4 Å². The third-order valence-corrected chi connectivity index (χ3v) is 8.53. The van der Waals surface area contributed by atoms with Crippen molar-refractivity contribution in [2.45, 2.75) is 12.8 Å². The van der Waals surface area contributed by atoms with Crippen LogP contribution in [0.2, 0.25) is 0 Å². The van der Waals surface area contributed by atoms with E-state index >= 15 is 0 Å². The normalized spacial score (nSPS) is 13.4. The number of fused-ring (bicyclic) bond motifs is 5. The molecule has 0 fully saturated rings. The SMILES string of the molecule is C1=CCCC(c2cc(-c3ccccc3)cc(-c3ccnc(N4c5ccccc5-c5ccccc5-c5ccccc54)c3)c2)=C1. The lowest BCUT2D eigenvalue weighted by Gasteiger charge is -2.26.